The van der Waals surface area contributed by atoms with Gasteiger partial charge in [0.2, 0.25) is 0 Å². The van der Waals surface area contributed by atoms with E-state index in [2.05, 4.69) is 21.0 Å². The lowest BCUT2D eigenvalue weighted by molar-refractivity contribution is 0.743. The fourth-order valence-electron chi connectivity index (χ4n) is 1.92. The Kier molecular flexibility index (Phi) is 2.58. The maximum Gasteiger partial charge on any atom is 0.278 e. The van der Waals surface area contributed by atoms with Crippen LogP contribution >= 0.6 is 0 Å². The molecule has 19 heavy (non-hydrogen) atoms. The summed E-state index contributed by atoms with van der Waals surface area (Å²) in [5, 5.41) is 9.01. The van der Waals surface area contributed by atoms with E-state index in [0.717, 1.165) is 0 Å². The normalized spacial score (nSPS) is 10.5. The van der Waals surface area contributed by atoms with Gasteiger partial charge in [-0.05, 0) is 18.2 Å². The molecule has 6 heteroatoms. The summed E-state index contributed by atoms with van der Waals surface area (Å²) < 4.78 is 1.49. The summed E-state index contributed by atoms with van der Waals surface area (Å²) in [6.45, 7) is 0.255. The van der Waals surface area contributed by atoms with Gasteiger partial charge in [-0.25, -0.2) is 4.98 Å². The number of H-pyrrole nitrogens is 1. The number of hydrogen-bond donors (Lipinski definition) is 1. The molecule has 0 unspecified atom stereocenters. The fourth-order valence-corrected chi connectivity index (χ4v) is 1.92. The minimum atomic E-state index is -0.201. The number of pyridine rings is 2. The highest BCUT2D eigenvalue weighted by Gasteiger charge is 2.08. The molecule has 0 amide bonds. The molecular weight excluding hydrogens is 242 g/mol. The Morgan fingerprint density at radius 1 is 1.37 bits per heavy atom. The van der Waals surface area contributed by atoms with Gasteiger partial charge in [-0.3, -0.25) is 9.78 Å². The van der Waals surface area contributed by atoms with Crippen LogP contribution in [0.15, 0.2) is 41.7 Å². The third-order valence-electron chi connectivity index (χ3n) is 2.88. The average Bonchev–Trinajstić information content (AvgIpc) is 2.92. The van der Waals surface area contributed by atoms with Gasteiger partial charge in [-0.15, -0.1) is 0 Å². The highest BCUT2D eigenvalue weighted by atomic mass is 16.1. The van der Waals surface area contributed by atoms with Gasteiger partial charge in [-0.1, -0.05) is 0 Å². The summed E-state index contributed by atoms with van der Waals surface area (Å²) in [7, 11) is 0. The largest absolute Gasteiger partial charge is 0.344 e. The highest BCUT2D eigenvalue weighted by molar-refractivity contribution is 5.72. The number of nitrogens with one attached hydrogen (secondary N) is 1. The van der Waals surface area contributed by atoms with Crippen molar-refractivity contribution in [2.45, 2.75) is 6.54 Å². The van der Waals surface area contributed by atoms with Crippen molar-refractivity contribution in [1.82, 2.24) is 19.5 Å². The number of aromatic nitrogens is 4. The van der Waals surface area contributed by atoms with E-state index in [1.54, 1.807) is 30.6 Å². The maximum atomic E-state index is 12.2. The molecule has 0 aliphatic carbocycles. The Labute approximate surface area is 108 Å². The first-order valence-corrected chi connectivity index (χ1v) is 5.66. The Bertz CT molecular complexity index is 840. The van der Waals surface area contributed by atoms with Gasteiger partial charge in [0.05, 0.1) is 29.6 Å². The van der Waals surface area contributed by atoms with Crippen molar-refractivity contribution in [3.63, 3.8) is 0 Å². The number of imidazole rings is 1. The zero-order valence-electron chi connectivity index (χ0n) is 9.87. The molecular formula is C13H9N5O. The topological polar surface area (TPSA) is 87.4 Å². The number of fused-ring (bicyclic) bond motifs is 1. The van der Waals surface area contributed by atoms with Crippen molar-refractivity contribution < 1.29 is 0 Å². The molecule has 0 aliphatic heterocycles. The van der Waals surface area contributed by atoms with Crippen LogP contribution in [0.5, 0.6) is 0 Å². The first-order valence-electron chi connectivity index (χ1n) is 5.66. The van der Waals surface area contributed by atoms with Gasteiger partial charge in [0.25, 0.3) is 5.56 Å². The van der Waals surface area contributed by atoms with Crippen LogP contribution in [0.3, 0.4) is 0 Å². The third kappa shape index (κ3) is 1.87. The Hall–Kier alpha value is -2.94. The zero-order chi connectivity index (χ0) is 13.2. The molecule has 3 aromatic heterocycles. The van der Waals surface area contributed by atoms with Gasteiger partial charge in [-0.2, -0.15) is 5.26 Å². The van der Waals surface area contributed by atoms with Crippen molar-refractivity contribution in [1.29, 1.82) is 5.26 Å². The summed E-state index contributed by atoms with van der Waals surface area (Å²) in [4.78, 5) is 23.2. The quantitative estimate of drug-likeness (QED) is 0.737. The van der Waals surface area contributed by atoms with Gasteiger partial charge in [0.1, 0.15) is 6.07 Å². The van der Waals surface area contributed by atoms with Crippen LogP contribution in [0.4, 0.5) is 0 Å². The van der Waals surface area contributed by atoms with Crippen LogP contribution in [0.2, 0.25) is 0 Å². The van der Waals surface area contributed by atoms with E-state index in [1.165, 1.54) is 10.9 Å². The summed E-state index contributed by atoms with van der Waals surface area (Å²) in [5.41, 5.74) is 1.92. The zero-order valence-corrected chi connectivity index (χ0v) is 9.87. The molecule has 3 rings (SSSR count). The van der Waals surface area contributed by atoms with Crippen LogP contribution in [0.25, 0.3) is 11.0 Å². The maximum absolute atomic E-state index is 12.2. The molecule has 0 saturated heterocycles. The molecule has 0 atom stereocenters. The number of nitriles is 1. The second kappa shape index (κ2) is 4.38. The molecule has 0 aliphatic rings. The smallest absolute Gasteiger partial charge is 0.278 e. The summed E-state index contributed by atoms with van der Waals surface area (Å²) in [5.74, 6) is 0. The lowest BCUT2D eigenvalue weighted by Crippen LogP contribution is -2.21. The fraction of sp³-hybridized carbons (Fsp3) is 0.0769. The predicted octanol–water partition coefficient (Wildman–Crippen LogP) is 1.04. The molecule has 0 saturated carbocycles. The highest BCUT2D eigenvalue weighted by Crippen LogP contribution is 2.07. The summed E-state index contributed by atoms with van der Waals surface area (Å²) >= 11 is 0. The van der Waals surface area contributed by atoms with Crippen molar-refractivity contribution in [3.05, 3.63) is 58.5 Å². The van der Waals surface area contributed by atoms with Crippen LogP contribution in [0.1, 0.15) is 11.3 Å². The molecule has 0 radical (unpaired) electrons. The first-order chi connectivity index (χ1) is 9.29. The van der Waals surface area contributed by atoms with E-state index in [4.69, 9.17) is 5.26 Å². The minimum absolute atomic E-state index is 0.201. The first kappa shape index (κ1) is 11.2. The molecule has 92 valence electrons. The lowest BCUT2D eigenvalue weighted by Gasteiger charge is -2.06. The molecule has 0 bridgehead atoms. The molecule has 0 fully saturated rings. The van der Waals surface area contributed by atoms with Crippen molar-refractivity contribution in [2.24, 2.45) is 0 Å². The van der Waals surface area contributed by atoms with Gasteiger partial charge >= 0.3 is 0 Å². The Morgan fingerprint density at radius 3 is 3.11 bits per heavy atom. The van der Waals surface area contributed by atoms with Crippen LogP contribution in [-0.2, 0) is 6.54 Å². The van der Waals surface area contributed by atoms with Gasteiger partial charge in [0, 0.05) is 12.4 Å². The van der Waals surface area contributed by atoms with Gasteiger partial charge in [0.15, 0.2) is 5.52 Å². The molecule has 3 aromatic rings. The van der Waals surface area contributed by atoms with E-state index in [1.807, 2.05) is 0 Å². The Morgan fingerprint density at radius 2 is 2.26 bits per heavy atom. The SMILES string of the molecule is N#Cc1cccnc1Cn1ccc2[nH]cnc2c1=O. The molecule has 1 N–H and O–H groups in total. The third-order valence-corrected chi connectivity index (χ3v) is 2.88. The summed E-state index contributed by atoms with van der Waals surface area (Å²) in [6, 6.07) is 7.22. The van der Waals surface area contributed by atoms with Crippen LogP contribution < -0.4 is 5.56 Å². The van der Waals surface area contributed by atoms with E-state index >= 15 is 0 Å². The van der Waals surface area contributed by atoms with Crippen LogP contribution in [-0.4, -0.2) is 19.5 Å². The summed E-state index contributed by atoms with van der Waals surface area (Å²) in [6.07, 6.45) is 4.75. The number of nitrogens with zero attached hydrogens (tertiary/aromatic N) is 4. The second-order valence-electron chi connectivity index (χ2n) is 4.02. The second-order valence-corrected chi connectivity index (χ2v) is 4.02. The number of rotatable bonds is 2. The number of aromatic amines is 1. The molecule has 6 nitrogen and oxygen atoms in total. The number of hydrogen-bond acceptors (Lipinski definition) is 4. The Balaban J connectivity index is 2.09. The van der Waals surface area contributed by atoms with Gasteiger partial charge < -0.3 is 9.55 Å². The monoisotopic (exact) mass is 251 g/mol. The molecule has 0 spiro atoms. The molecule has 3 heterocycles. The van der Waals surface area contributed by atoms with E-state index in [9.17, 15) is 4.79 Å². The van der Waals surface area contributed by atoms with Crippen molar-refractivity contribution in [3.8, 4) is 6.07 Å². The average molecular weight is 251 g/mol. The van der Waals surface area contributed by atoms with Crippen molar-refractivity contribution in [2.75, 3.05) is 0 Å². The van der Waals surface area contributed by atoms with E-state index < -0.39 is 0 Å². The van der Waals surface area contributed by atoms with E-state index in [0.29, 0.717) is 22.3 Å². The lowest BCUT2D eigenvalue weighted by atomic mass is 10.2. The standard InChI is InChI=1S/C13H9N5O/c14-6-9-2-1-4-15-11(9)7-18-5-3-10-12(13(18)19)17-8-16-10/h1-5,8H,7H2,(H,16,17). The minimum Gasteiger partial charge on any atom is -0.344 e. The van der Waals surface area contributed by atoms with Crippen molar-refractivity contribution >= 4 is 11.0 Å². The van der Waals surface area contributed by atoms with E-state index in [-0.39, 0.29) is 12.1 Å². The molecule has 0 aromatic carbocycles. The van der Waals surface area contributed by atoms with Crippen LogP contribution in [0, 0.1) is 11.3 Å². The predicted molar refractivity (Wildman–Crippen MR) is 68.4 cm³/mol.